The van der Waals surface area contributed by atoms with Gasteiger partial charge in [0.2, 0.25) is 11.7 Å². The predicted molar refractivity (Wildman–Crippen MR) is 108 cm³/mol. The second-order valence-corrected chi connectivity index (χ2v) is 7.14. The van der Waals surface area contributed by atoms with E-state index in [1.165, 1.54) is 18.0 Å². The van der Waals surface area contributed by atoms with Crippen LogP contribution in [0.15, 0.2) is 48.5 Å². The molecule has 1 amide bonds. The van der Waals surface area contributed by atoms with Crippen molar-refractivity contribution in [2.75, 3.05) is 33.3 Å². The lowest BCUT2D eigenvalue weighted by atomic mass is 10.2. The molecule has 0 unspecified atom stereocenters. The Bertz CT molecular complexity index is 1000. The second kappa shape index (κ2) is 9.00. The van der Waals surface area contributed by atoms with E-state index in [-0.39, 0.29) is 24.0 Å². The first-order valence-electron chi connectivity index (χ1n) is 9.78. The van der Waals surface area contributed by atoms with Gasteiger partial charge in [-0.05, 0) is 22.9 Å². The molecule has 8 nitrogen and oxygen atoms in total. The van der Waals surface area contributed by atoms with Crippen molar-refractivity contribution in [3.8, 4) is 17.1 Å². The number of piperazine rings is 1. The van der Waals surface area contributed by atoms with Crippen LogP contribution in [-0.2, 0) is 17.9 Å². The van der Waals surface area contributed by atoms with Gasteiger partial charge in [-0.3, -0.25) is 9.69 Å². The zero-order valence-electron chi connectivity index (χ0n) is 16.7. The van der Waals surface area contributed by atoms with Gasteiger partial charge in [-0.1, -0.05) is 36.4 Å². The molecule has 4 rings (SSSR count). The number of hydrogen-bond donors (Lipinski definition) is 0. The van der Waals surface area contributed by atoms with E-state index in [0.717, 1.165) is 24.2 Å². The monoisotopic (exact) mass is 410 g/mol. The number of methoxy groups -OCH3 is 1. The molecule has 1 saturated heterocycles. The summed E-state index contributed by atoms with van der Waals surface area (Å²) in [6, 6.07) is 14.5. The lowest BCUT2D eigenvalue weighted by molar-refractivity contribution is -0.134. The number of halogens is 1. The van der Waals surface area contributed by atoms with Crippen LogP contribution in [0.25, 0.3) is 11.4 Å². The molecule has 3 aromatic rings. The molecule has 30 heavy (non-hydrogen) atoms. The quantitative estimate of drug-likeness (QED) is 0.617. The number of ether oxygens (including phenoxy) is 1. The highest BCUT2D eigenvalue weighted by molar-refractivity contribution is 5.76. The maximum atomic E-state index is 13.9. The Morgan fingerprint density at radius 3 is 2.57 bits per heavy atom. The topological polar surface area (TPSA) is 76.4 Å². The van der Waals surface area contributed by atoms with Crippen LogP contribution in [0.2, 0.25) is 0 Å². The molecule has 1 aliphatic heterocycles. The van der Waals surface area contributed by atoms with E-state index >= 15 is 0 Å². The first-order valence-corrected chi connectivity index (χ1v) is 9.78. The first kappa shape index (κ1) is 20.0. The summed E-state index contributed by atoms with van der Waals surface area (Å²) in [6.07, 6.45) is 0. The molecule has 0 saturated carbocycles. The lowest BCUT2D eigenvalue weighted by Gasteiger charge is -2.34. The van der Waals surface area contributed by atoms with Gasteiger partial charge in [-0.25, -0.2) is 4.39 Å². The number of carbonyl (C=O) groups excluding carboxylic acids is 1. The van der Waals surface area contributed by atoms with Crippen LogP contribution in [0.4, 0.5) is 4.39 Å². The Labute approximate surface area is 173 Å². The number of nitrogens with zero attached hydrogens (tertiary/aromatic N) is 6. The Morgan fingerprint density at radius 1 is 1.10 bits per heavy atom. The summed E-state index contributed by atoms with van der Waals surface area (Å²) in [6.45, 7) is 3.35. The third-order valence-electron chi connectivity index (χ3n) is 5.11. The summed E-state index contributed by atoms with van der Waals surface area (Å²) in [5.41, 5.74) is 1.74. The van der Waals surface area contributed by atoms with Crippen LogP contribution in [0.5, 0.6) is 5.75 Å². The summed E-state index contributed by atoms with van der Waals surface area (Å²) in [5, 5.41) is 12.3. The van der Waals surface area contributed by atoms with Crippen molar-refractivity contribution in [2.45, 2.75) is 13.1 Å². The Morgan fingerprint density at radius 2 is 1.87 bits per heavy atom. The number of rotatable bonds is 6. The molecule has 0 bridgehead atoms. The first-order chi connectivity index (χ1) is 14.6. The third kappa shape index (κ3) is 4.62. The van der Waals surface area contributed by atoms with Crippen LogP contribution in [-0.4, -0.2) is 69.2 Å². The molecule has 1 aliphatic rings. The molecule has 9 heteroatoms. The summed E-state index contributed by atoms with van der Waals surface area (Å²) in [5.74, 6) is 0.340. The number of carbonyl (C=O) groups is 1. The van der Waals surface area contributed by atoms with Crippen molar-refractivity contribution in [2.24, 2.45) is 0 Å². The van der Waals surface area contributed by atoms with Crippen molar-refractivity contribution >= 4 is 5.91 Å². The SMILES string of the molecule is COc1ccc(CN2CCN(C(=O)Cn3nnc(-c4ccccc4)n3)CC2)cc1F. The molecule has 1 aromatic heterocycles. The fourth-order valence-electron chi connectivity index (χ4n) is 3.46. The van der Waals surface area contributed by atoms with Crippen LogP contribution in [0, 0.1) is 5.82 Å². The van der Waals surface area contributed by atoms with Crippen molar-refractivity contribution in [3.05, 3.63) is 59.9 Å². The second-order valence-electron chi connectivity index (χ2n) is 7.14. The highest BCUT2D eigenvalue weighted by atomic mass is 19.1. The van der Waals surface area contributed by atoms with Gasteiger partial charge in [0, 0.05) is 38.3 Å². The minimum atomic E-state index is -0.362. The van der Waals surface area contributed by atoms with Gasteiger partial charge in [0.15, 0.2) is 11.6 Å². The highest BCUT2D eigenvalue weighted by Crippen LogP contribution is 2.19. The number of tetrazole rings is 1. The fourth-order valence-corrected chi connectivity index (χ4v) is 3.46. The molecule has 156 valence electrons. The summed E-state index contributed by atoms with van der Waals surface area (Å²) in [7, 11) is 1.45. The number of hydrogen-bond acceptors (Lipinski definition) is 6. The molecule has 1 fully saturated rings. The van der Waals surface area contributed by atoms with Crippen LogP contribution in [0.1, 0.15) is 5.56 Å². The minimum absolute atomic E-state index is 0.0397. The smallest absolute Gasteiger partial charge is 0.246 e. The molecule has 0 radical (unpaired) electrons. The summed E-state index contributed by atoms with van der Waals surface area (Å²) >= 11 is 0. The normalized spacial score (nSPS) is 14.7. The molecular formula is C21H23FN6O2. The van der Waals surface area contributed by atoms with Crippen molar-refractivity contribution in [1.82, 2.24) is 30.0 Å². The Hall–Kier alpha value is -3.33. The van der Waals surface area contributed by atoms with Gasteiger partial charge in [0.05, 0.1) is 7.11 Å². The number of amides is 1. The predicted octanol–water partition coefficient (Wildman–Crippen LogP) is 1.83. The number of benzene rings is 2. The molecule has 0 aliphatic carbocycles. The van der Waals surface area contributed by atoms with Crippen molar-refractivity contribution in [1.29, 1.82) is 0 Å². The summed E-state index contributed by atoms with van der Waals surface area (Å²) < 4.78 is 18.8. The van der Waals surface area contributed by atoms with Crippen molar-refractivity contribution < 1.29 is 13.9 Å². The zero-order chi connectivity index (χ0) is 20.9. The van der Waals surface area contributed by atoms with E-state index in [9.17, 15) is 9.18 Å². The molecular weight excluding hydrogens is 387 g/mol. The lowest BCUT2D eigenvalue weighted by Crippen LogP contribution is -2.49. The van der Waals surface area contributed by atoms with E-state index in [1.54, 1.807) is 11.0 Å². The number of aromatic nitrogens is 4. The molecule has 0 spiro atoms. The van der Waals surface area contributed by atoms with Gasteiger partial charge in [-0.15, -0.1) is 10.2 Å². The van der Waals surface area contributed by atoms with Gasteiger partial charge < -0.3 is 9.64 Å². The van der Waals surface area contributed by atoms with Gasteiger partial charge in [-0.2, -0.15) is 4.80 Å². The zero-order valence-corrected chi connectivity index (χ0v) is 16.7. The van der Waals surface area contributed by atoms with E-state index in [2.05, 4.69) is 20.3 Å². The maximum Gasteiger partial charge on any atom is 0.246 e. The minimum Gasteiger partial charge on any atom is -0.494 e. The van der Waals surface area contributed by atoms with Gasteiger partial charge in [0.25, 0.3) is 0 Å². The van der Waals surface area contributed by atoms with E-state index in [0.29, 0.717) is 25.5 Å². The Kier molecular flexibility index (Phi) is 5.99. The summed E-state index contributed by atoms with van der Waals surface area (Å²) in [4.78, 5) is 17.9. The standard InChI is InChI=1S/C21H23FN6O2/c1-30-19-8-7-16(13-18(19)22)14-26-9-11-27(12-10-26)20(29)15-28-24-21(23-25-28)17-5-3-2-4-6-17/h2-8,13H,9-12,14-15H2,1H3. The Balaban J connectivity index is 1.28. The van der Waals surface area contributed by atoms with Crippen LogP contribution >= 0.6 is 0 Å². The van der Waals surface area contributed by atoms with E-state index < -0.39 is 0 Å². The molecule has 2 aromatic carbocycles. The molecule has 2 heterocycles. The largest absolute Gasteiger partial charge is 0.494 e. The average molecular weight is 410 g/mol. The van der Waals surface area contributed by atoms with Gasteiger partial charge >= 0.3 is 0 Å². The molecule has 0 atom stereocenters. The van der Waals surface area contributed by atoms with Crippen LogP contribution in [0.3, 0.4) is 0 Å². The van der Waals surface area contributed by atoms with Crippen LogP contribution < -0.4 is 4.74 Å². The molecule has 0 N–H and O–H groups in total. The highest BCUT2D eigenvalue weighted by Gasteiger charge is 2.22. The average Bonchev–Trinajstić information content (AvgIpc) is 3.23. The van der Waals surface area contributed by atoms with Crippen molar-refractivity contribution in [3.63, 3.8) is 0 Å². The van der Waals surface area contributed by atoms with Gasteiger partial charge in [0.1, 0.15) is 6.54 Å². The fraction of sp³-hybridized carbons (Fsp3) is 0.333. The van der Waals surface area contributed by atoms with E-state index in [1.807, 2.05) is 36.4 Å². The maximum absolute atomic E-state index is 13.9. The third-order valence-corrected chi connectivity index (χ3v) is 5.11. The van der Waals surface area contributed by atoms with E-state index in [4.69, 9.17) is 4.74 Å².